The normalized spacial score (nSPS) is 16.6. The molecule has 8 nitrogen and oxygen atoms in total. The van der Waals surface area contributed by atoms with E-state index >= 15 is 0 Å². The highest BCUT2D eigenvalue weighted by molar-refractivity contribution is 6.46. The van der Waals surface area contributed by atoms with Gasteiger partial charge >= 0.3 is 0 Å². The van der Waals surface area contributed by atoms with Gasteiger partial charge in [0, 0.05) is 5.56 Å². The zero-order valence-electron chi connectivity index (χ0n) is 20.3. The number of benzene rings is 3. The molecule has 0 aliphatic carbocycles. The molecule has 0 radical (unpaired) electrons. The smallest absolute Gasteiger partial charge is 0.295 e. The first-order valence-electron chi connectivity index (χ1n) is 11.3. The van der Waals surface area contributed by atoms with Crippen molar-refractivity contribution in [2.75, 3.05) is 34.5 Å². The van der Waals surface area contributed by atoms with Gasteiger partial charge < -0.3 is 29.0 Å². The van der Waals surface area contributed by atoms with E-state index in [1.54, 1.807) is 87.0 Å². The minimum atomic E-state index is -0.804. The maximum atomic E-state index is 13.2. The quantitative estimate of drug-likeness (QED) is 0.273. The average Bonchev–Trinajstić information content (AvgIpc) is 3.18. The largest absolute Gasteiger partial charge is 0.507 e. The third-order valence-electron chi connectivity index (χ3n) is 5.98. The van der Waals surface area contributed by atoms with Crippen molar-refractivity contribution in [3.05, 3.63) is 89.5 Å². The highest BCUT2D eigenvalue weighted by atomic mass is 16.5. The molecule has 4 rings (SSSR count). The molecule has 186 valence electrons. The number of carbonyl (C=O) groups excluding carboxylic acids is 2. The molecule has 36 heavy (non-hydrogen) atoms. The molecular formula is C28H27NO7. The maximum Gasteiger partial charge on any atom is 0.295 e. The molecule has 0 bridgehead atoms. The Balaban J connectivity index is 1.68. The molecule has 0 spiro atoms. The molecule has 0 saturated carbocycles. The zero-order valence-corrected chi connectivity index (χ0v) is 20.3. The number of hydrogen-bond acceptors (Lipinski definition) is 7. The van der Waals surface area contributed by atoms with E-state index in [-0.39, 0.29) is 24.5 Å². The van der Waals surface area contributed by atoms with Crippen LogP contribution in [0.1, 0.15) is 17.2 Å². The molecule has 0 aromatic heterocycles. The van der Waals surface area contributed by atoms with E-state index in [1.807, 2.05) is 0 Å². The number of likely N-dealkylation sites (tertiary alicyclic amines) is 1. The van der Waals surface area contributed by atoms with Crippen molar-refractivity contribution in [1.82, 2.24) is 4.90 Å². The lowest BCUT2D eigenvalue weighted by Crippen LogP contribution is -2.33. The van der Waals surface area contributed by atoms with Gasteiger partial charge in [0.25, 0.3) is 11.7 Å². The van der Waals surface area contributed by atoms with Gasteiger partial charge in [0.15, 0.2) is 0 Å². The number of aliphatic hydroxyl groups excluding tert-OH is 1. The summed E-state index contributed by atoms with van der Waals surface area (Å²) in [4.78, 5) is 27.7. The minimum absolute atomic E-state index is 0.00265. The van der Waals surface area contributed by atoms with Crippen LogP contribution in [-0.4, -0.2) is 56.2 Å². The van der Waals surface area contributed by atoms with Crippen molar-refractivity contribution in [3.8, 4) is 23.0 Å². The van der Waals surface area contributed by atoms with Gasteiger partial charge in [-0.15, -0.1) is 0 Å². The topological polar surface area (TPSA) is 94.5 Å². The van der Waals surface area contributed by atoms with Gasteiger partial charge in [-0.1, -0.05) is 24.3 Å². The number of carbonyl (C=O) groups is 2. The summed E-state index contributed by atoms with van der Waals surface area (Å²) < 4.78 is 21.5. The van der Waals surface area contributed by atoms with Gasteiger partial charge in [-0.05, 0) is 54.1 Å². The zero-order chi connectivity index (χ0) is 25.7. The van der Waals surface area contributed by atoms with Crippen LogP contribution in [0.15, 0.2) is 78.4 Å². The lowest BCUT2D eigenvalue weighted by atomic mass is 9.95. The summed E-state index contributed by atoms with van der Waals surface area (Å²) in [5.41, 5.74) is 1.03. The van der Waals surface area contributed by atoms with Gasteiger partial charge in [-0.25, -0.2) is 0 Å². The van der Waals surface area contributed by atoms with Gasteiger partial charge in [0.2, 0.25) is 0 Å². The lowest BCUT2D eigenvalue weighted by Gasteiger charge is -2.25. The first-order valence-corrected chi connectivity index (χ1v) is 11.3. The predicted molar refractivity (Wildman–Crippen MR) is 133 cm³/mol. The summed E-state index contributed by atoms with van der Waals surface area (Å²) >= 11 is 0. The predicted octanol–water partition coefficient (Wildman–Crippen LogP) is 4.21. The molecule has 8 heteroatoms. The molecule has 1 heterocycles. The Bertz CT molecular complexity index is 1270. The number of nitrogens with zero attached hydrogens (tertiary/aromatic N) is 1. The summed E-state index contributed by atoms with van der Waals surface area (Å²) in [6, 6.07) is 20.0. The molecule has 1 N–H and O–H groups in total. The third kappa shape index (κ3) is 4.98. The van der Waals surface area contributed by atoms with Crippen molar-refractivity contribution in [2.24, 2.45) is 0 Å². The number of hydrogen-bond donors (Lipinski definition) is 1. The van der Waals surface area contributed by atoms with Crippen molar-refractivity contribution < 1.29 is 33.6 Å². The highest BCUT2D eigenvalue weighted by Crippen LogP contribution is 2.40. The van der Waals surface area contributed by atoms with E-state index in [9.17, 15) is 14.7 Å². The van der Waals surface area contributed by atoms with Gasteiger partial charge in [0.05, 0.1) is 39.5 Å². The average molecular weight is 490 g/mol. The van der Waals surface area contributed by atoms with Gasteiger partial charge in [-0.3, -0.25) is 9.59 Å². The lowest BCUT2D eigenvalue weighted by molar-refractivity contribution is -0.140. The molecule has 1 fully saturated rings. The van der Waals surface area contributed by atoms with Crippen molar-refractivity contribution in [3.63, 3.8) is 0 Å². The van der Waals surface area contributed by atoms with E-state index < -0.39 is 17.7 Å². The molecule has 3 aromatic carbocycles. The summed E-state index contributed by atoms with van der Waals surface area (Å²) in [6.45, 7) is 0.271. The van der Waals surface area contributed by atoms with Crippen LogP contribution in [-0.2, 0) is 9.59 Å². The Morgan fingerprint density at radius 2 is 1.39 bits per heavy atom. The molecule has 3 aromatic rings. The Hall–Kier alpha value is -4.46. The van der Waals surface area contributed by atoms with E-state index in [0.29, 0.717) is 34.1 Å². The van der Waals surface area contributed by atoms with E-state index in [2.05, 4.69) is 0 Å². The Labute approximate surface area is 209 Å². The van der Waals surface area contributed by atoms with Gasteiger partial charge in [-0.2, -0.15) is 0 Å². The number of ketones is 1. The second-order valence-corrected chi connectivity index (χ2v) is 8.02. The number of Topliss-reactive ketones (excluding diaryl/α,β-unsaturated/α-hetero) is 1. The monoisotopic (exact) mass is 489 g/mol. The Morgan fingerprint density at radius 1 is 0.806 bits per heavy atom. The van der Waals surface area contributed by atoms with Crippen LogP contribution in [0, 0.1) is 0 Å². The summed E-state index contributed by atoms with van der Waals surface area (Å²) in [6.07, 6.45) is 0. The highest BCUT2D eigenvalue weighted by Gasteiger charge is 2.46. The maximum absolute atomic E-state index is 13.2. The molecular weight excluding hydrogens is 462 g/mol. The first-order chi connectivity index (χ1) is 17.5. The third-order valence-corrected chi connectivity index (χ3v) is 5.98. The van der Waals surface area contributed by atoms with Crippen LogP contribution in [0.4, 0.5) is 0 Å². The summed E-state index contributed by atoms with van der Waals surface area (Å²) in [5.74, 6) is 0.703. The molecule has 1 atom stereocenters. The summed E-state index contributed by atoms with van der Waals surface area (Å²) in [7, 11) is 4.65. The number of ether oxygens (including phenoxy) is 4. The SMILES string of the molecule is COc1ccc(OCCN2C(=O)C(=O)/C(=C(\O)c3cccc(OC)c3)C2c2ccc(OC)cc2)cc1. The minimum Gasteiger partial charge on any atom is -0.507 e. The first kappa shape index (κ1) is 24.7. The number of methoxy groups -OCH3 is 3. The van der Waals surface area contributed by atoms with E-state index in [0.717, 1.165) is 0 Å². The summed E-state index contributed by atoms with van der Waals surface area (Å²) in [5, 5.41) is 11.2. The number of amides is 1. The second-order valence-electron chi connectivity index (χ2n) is 8.02. The van der Waals surface area contributed by atoms with Crippen molar-refractivity contribution in [2.45, 2.75) is 6.04 Å². The van der Waals surface area contributed by atoms with Crippen LogP contribution in [0.5, 0.6) is 23.0 Å². The Kier molecular flexibility index (Phi) is 7.44. The molecule has 1 aliphatic rings. The fraction of sp³-hybridized carbons (Fsp3) is 0.214. The van der Waals surface area contributed by atoms with Crippen LogP contribution in [0.3, 0.4) is 0 Å². The van der Waals surface area contributed by atoms with Crippen LogP contribution in [0.25, 0.3) is 5.76 Å². The Morgan fingerprint density at radius 3 is 2.00 bits per heavy atom. The molecule has 1 amide bonds. The van der Waals surface area contributed by atoms with E-state index in [1.165, 1.54) is 12.0 Å². The van der Waals surface area contributed by atoms with Crippen LogP contribution in [0.2, 0.25) is 0 Å². The standard InChI is InChI=1S/C28H27NO7/c1-33-20-9-7-18(8-10-20)25-24(26(30)19-5-4-6-23(17-19)35-3)27(31)28(32)29(25)15-16-36-22-13-11-21(34-2)12-14-22/h4-14,17,25,30H,15-16H2,1-3H3/b26-24-. The molecule has 1 unspecified atom stereocenters. The second kappa shape index (κ2) is 10.9. The van der Waals surface area contributed by atoms with Crippen LogP contribution < -0.4 is 18.9 Å². The van der Waals surface area contributed by atoms with Crippen molar-refractivity contribution in [1.29, 1.82) is 0 Å². The number of rotatable bonds is 9. The molecule has 1 aliphatic heterocycles. The van der Waals surface area contributed by atoms with Crippen molar-refractivity contribution >= 4 is 17.4 Å². The molecule has 1 saturated heterocycles. The van der Waals surface area contributed by atoms with Gasteiger partial charge in [0.1, 0.15) is 35.4 Å². The fourth-order valence-corrected chi connectivity index (χ4v) is 4.10. The van der Waals surface area contributed by atoms with Crippen LogP contribution >= 0.6 is 0 Å². The fourth-order valence-electron chi connectivity index (χ4n) is 4.10. The van der Waals surface area contributed by atoms with E-state index in [4.69, 9.17) is 18.9 Å². The number of aliphatic hydroxyl groups is 1.